The number of hydrogen-bond acceptors (Lipinski definition) is 5. The quantitative estimate of drug-likeness (QED) is 0.121. The van der Waals surface area contributed by atoms with Crippen molar-refractivity contribution in [3.05, 3.63) is 38.0 Å². The standard InChI is InChI=1S/C15H24N4O4/c1-4-12(21)17-8-15(7-16-11-20,9-18-13(22)5-2)10-19-14(23)6-3/h4-6,11-12,17,21H,1-3,7-10H2,(H,16,20)(H,18,22)(H,19,23). The highest BCUT2D eigenvalue weighted by molar-refractivity contribution is 5.87. The largest absolute Gasteiger partial charge is 0.375 e. The molecular weight excluding hydrogens is 300 g/mol. The van der Waals surface area contributed by atoms with Crippen molar-refractivity contribution in [1.29, 1.82) is 0 Å². The van der Waals surface area contributed by atoms with Gasteiger partial charge >= 0.3 is 0 Å². The second-order valence-corrected chi connectivity index (χ2v) is 4.90. The van der Waals surface area contributed by atoms with E-state index in [9.17, 15) is 19.5 Å². The normalized spacial score (nSPS) is 11.7. The van der Waals surface area contributed by atoms with Crippen molar-refractivity contribution >= 4 is 18.2 Å². The fourth-order valence-electron chi connectivity index (χ4n) is 1.73. The first-order chi connectivity index (χ1) is 10.9. The number of aliphatic hydroxyl groups excluding tert-OH is 1. The maximum Gasteiger partial charge on any atom is 0.243 e. The van der Waals surface area contributed by atoms with Crippen LogP contribution in [0, 0.1) is 5.41 Å². The fourth-order valence-corrected chi connectivity index (χ4v) is 1.73. The first-order valence-corrected chi connectivity index (χ1v) is 6.94. The van der Waals surface area contributed by atoms with Crippen LogP contribution in [0.4, 0.5) is 0 Å². The van der Waals surface area contributed by atoms with E-state index in [4.69, 9.17) is 0 Å². The van der Waals surface area contributed by atoms with Crippen LogP contribution in [-0.2, 0) is 14.4 Å². The Hall–Kier alpha value is -2.45. The Bertz CT molecular complexity index is 427. The Morgan fingerprint density at radius 2 is 1.52 bits per heavy atom. The summed E-state index contributed by atoms with van der Waals surface area (Å²) in [6, 6.07) is 0. The van der Waals surface area contributed by atoms with Gasteiger partial charge in [0.05, 0.1) is 0 Å². The topological polar surface area (TPSA) is 120 Å². The molecule has 0 aliphatic heterocycles. The molecule has 0 aromatic carbocycles. The minimum absolute atomic E-state index is 0.132. The van der Waals surface area contributed by atoms with E-state index in [0.29, 0.717) is 6.41 Å². The SMILES string of the molecule is C=CC(=O)NCC(CNC=O)(CNC(=O)C=C)CNC(O)C=C. The van der Waals surface area contributed by atoms with E-state index in [-0.39, 0.29) is 38.0 Å². The molecule has 3 amide bonds. The molecule has 0 radical (unpaired) electrons. The third kappa shape index (κ3) is 8.54. The van der Waals surface area contributed by atoms with Crippen molar-refractivity contribution < 1.29 is 19.5 Å². The van der Waals surface area contributed by atoms with Crippen LogP contribution in [0.15, 0.2) is 38.0 Å². The number of rotatable bonds is 13. The minimum atomic E-state index is -0.962. The molecule has 1 unspecified atom stereocenters. The van der Waals surface area contributed by atoms with E-state index >= 15 is 0 Å². The molecule has 0 aliphatic rings. The second kappa shape index (κ2) is 11.2. The second-order valence-electron chi connectivity index (χ2n) is 4.90. The molecule has 0 rings (SSSR count). The molecule has 1 atom stereocenters. The summed E-state index contributed by atoms with van der Waals surface area (Å²) in [4.78, 5) is 33.5. The summed E-state index contributed by atoms with van der Waals surface area (Å²) < 4.78 is 0. The highest BCUT2D eigenvalue weighted by Crippen LogP contribution is 2.14. The molecule has 0 aromatic heterocycles. The monoisotopic (exact) mass is 324 g/mol. The molecule has 0 aliphatic carbocycles. The molecule has 0 aromatic rings. The van der Waals surface area contributed by atoms with Gasteiger partial charge in [0, 0.05) is 31.6 Å². The third-order valence-electron chi connectivity index (χ3n) is 3.12. The first-order valence-electron chi connectivity index (χ1n) is 6.94. The lowest BCUT2D eigenvalue weighted by Crippen LogP contribution is -2.56. The van der Waals surface area contributed by atoms with Crippen molar-refractivity contribution in [3.8, 4) is 0 Å². The summed E-state index contributed by atoms with van der Waals surface area (Å²) in [5.74, 6) is -0.778. The molecular formula is C15H24N4O4. The van der Waals surface area contributed by atoms with Crippen molar-refractivity contribution in [2.24, 2.45) is 5.41 Å². The van der Waals surface area contributed by atoms with E-state index in [2.05, 4.69) is 41.0 Å². The molecule has 0 heterocycles. The van der Waals surface area contributed by atoms with Crippen LogP contribution in [-0.4, -0.2) is 55.7 Å². The molecule has 0 bridgehead atoms. The van der Waals surface area contributed by atoms with E-state index in [0.717, 1.165) is 12.2 Å². The number of carbonyl (C=O) groups excluding carboxylic acids is 3. The fraction of sp³-hybridized carbons (Fsp3) is 0.400. The van der Waals surface area contributed by atoms with Gasteiger partial charge in [0.2, 0.25) is 18.2 Å². The van der Waals surface area contributed by atoms with Crippen molar-refractivity contribution in [2.45, 2.75) is 6.23 Å². The lowest BCUT2D eigenvalue weighted by molar-refractivity contribution is -0.117. The molecule has 128 valence electrons. The zero-order valence-electron chi connectivity index (χ0n) is 13.0. The van der Waals surface area contributed by atoms with Gasteiger partial charge < -0.3 is 21.1 Å². The summed E-state index contributed by atoms with van der Waals surface area (Å²) in [6.07, 6.45) is 3.08. The van der Waals surface area contributed by atoms with Gasteiger partial charge in [0.1, 0.15) is 6.23 Å². The van der Waals surface area contributed by atoms with Crippen molar-refractivity contribution in [2.75, 3.05) is 26.2 Å². The van der Waals surface area contributed by atoms with Crippen LogP contribution in [0.1, 0.15) is 0 Å². The predicted octanol–water partition coefficient (Wildman–Crippen LogP) is -1.58. The molecule has 0 fully saturated rings. The number of hydrogen-bond donors (Lipinski definition) is 5. The molecule has 23 heavy (non-hydrogen) atoms. The summed E-state index contributed by atoms with van der Waals surface area (Å²) in [7, 11) is 0. The van der Waals surface area contributed by atoms with Gasteiger partial charge in [-0.15, -0.1) is 0 Å². The average molecular weight is 324 g/mol. The van der Waals surface area contributed by atoms with Gasteiger partial charge in [-0.05, 0) is 18.2 Å². The zero-order valence-corrected chi connectivity index (χ0v) is 13.0. The van der Waals surface area contributed by atoms with Crippen LogP contribution in [0.3, 0.4) is 0 Å². The number of aliphatic hydroxyl groups is 1. The van der Waals surface area contributed by atoms with Crippen LogP contribution >= 0.6 is 0 Å². The van der Waals surface area contributed by atoms with E-state index in [1.54, 1.807) is 0 Å². The lowest BCUT2D eigenvalue weighted by Gasteiger charge is -2.34. The number of amides is 3. The highest BCUT2D eigenvalue weighted by Gasteiger charge is 2.31. The van der Waals surface area contributed by atoms with E-state index in [1.165, 1.54) is 6.08 Å². The van der Waals surface area contributed by atoms with Gasteiger partial charge in [-0.25, -0.2) is 0 Å². The molecule has 5 N–H and O–H groups in total. The van der Waals surface area contributed by atoms with E-state index < -0.39 is 11.6 Å². The third-order valence-corrected chi connectivity index (χ3v) is 3.12. The van der Waals surface area contributed by atoms with Crippen molar-refractivity contribution in [1.82, 2.24) is 21.3 Å². The Kier molecular flexibility index (Phi) is 9.97. The lowest BCUT2D eigenvalue weighted by atomic mass is 9.87. The van der Waals surface area contributed by atoms with Crippen LogP contribution < -0.4 is 21.3 Å². The first kappa shape index (κ1) is 20.6. The molecule has 8 heteroatoms. The number of nitrogens with one attached hydrogen (secondary N) is 4. The molecule has 0 saturated carbocycles. The van der Waals surface area contributed by atoms with Crippen molar-refractivity contribution in [3.63, 3.8) is 0 Å². The Morgan fingerprint density at radius 1 is 1.00 bits per heavy atom. The zero-order chi connectivity index (χ0) is 17.7. The Labute approximate surface area is 135 Å². The average Bonchev–Trinajstić information content (AvgIpc) is 2.59. The van der Waals surface area contributed by atoms with Gasteiger partial charge in [0.25, 0.3) is 0 Å². The summed E-state index contributed by atoms with van der Waals surface area (Å²) >= 11 is 0. The Balaban J connectivity index is 5.12. The molecule has 8 nitrogen and oxygen atoms in total. The predicted molar refractivity (Wildman–Crippen MR) is 87.1 cm³/mol. The summed E-state index contributed by atoms with van der Waals surface area (Å²) in [5.41, 5.74) is -0.776. The summed E-state index contributed by atoms with van der Waals surface area (Å²) in [6.45, 7) is 10.8. The van der Waals surface area contributed by atoms with Gasteiger partial charge in [-0.3, -0.25) is 19.7 Å². The highest BCUT2D eigenvalue weighted by atomic mass is 16.3. The maximum absolute atomic E-state index is 11.4. The molecule has 0 spiro atoms. The van der Waals surface area contributed by atoms with Gasteiger partial charge in [-0.1, -0.05) is 19.7 Å². The van der Waals surface area contributed by atoms with Gasteiger partial charge in [-0.2, -0.15) is 0 Å². The van der Waals surface area contributed by atoms with Gasteiger partial charge in [0.15, 0.2) is 0 Å². The molecule has 0 saturated heterocycles. The smallest absolute Gasteiger partial charge is 0.243 e. The van der Waals surface area contributed by atoms with Crippen LogP contribution in [0.5, 0.6) is 0 Å². The Morgan fingerprint density at radius 3 is 1.91 bits per heavy atom. The van der Waals surface area contributed by atoms with Crippen LogP contribution in [0.2, 0.25) is 0 Å². The van der Waals surface area contributed by atoms with E-state index in [1.807, 2.05) is 0 Å². The number of carbonyl (C=O) groups is 3. The minimum Gasteiger partial charge on any atom is -0.375 e. The maximum atomic E-state index is 11.4. The summed E-state index contributed by atoms with van der Waals surface area (Å²) in [5, 5.41) is 20.1. The van der Waals surface area contributed by atoms with Crippen LogP contribution in [0.25, 0.3) is 0 Å².